The molecule has 18 heteroatoms. The van der Waals surface area contributed by atoms with Crippen molar-refractivity contribution in [3.8, 4) is 0 Å². The van der Waals surface area contributed by atoms with Crippen molar-refractivity contribution in [2.45, 2.75) is 81.9 Å². The Kier molecular flexibility index (Phi) is 16.9. The van der Waals surface area contributed by atoms with Crippen molar-refractivity contribution in [1.82, 2.24) is 20.3 Å². The predicted octanol–water partition coefficient (Wildman–Crippen LogP) is -3.22. The van der Waals surface area contributed by atoms with E-state index in [-0.39, 0.29) is 48.1 Å². The van der Waals surface area contributed by atoms with Gasteiger partial charge in [0, 0.05) is 23.5 Å². The Morgan fingerprint density at radius 2 is 1.54 bits per heavy atom. The van der Waals surface area contributed by atoms with Crippen molar-refractivity contribution in [2.24, 2.45) is 17.4 Å². The van der Waals surface area contributed by atoms with Crippen molar-refractivity contribution in [3.63, 3.8) is 0 Å². The molecule has 4 atom stereocenters. The maximum absolute atomic E-state index is 13.6. The summed E-state index contributed by atoms with van der Waals surface area (Å²) in [6.07, 6.45) is 2.32. The van der Waals surface area contributed by atoms with E-state index < -0.39 is 57.9 Å². The SMILES string of the molecule is CC(C)CC(NC(=O)C(C)N)C(=O)N[C@H](CCCCN)C(=O)Nc1ccc(C(=O)N2CCc3cc(S(=O)(=O)N4C[C@H](c5ccccc5)NC4=O)ccc32)cc1.[Cl-].[Cl-]. The molecule has 0 bridgehead atoms. The zero-order valence-corrected chi connectivity index (χ0v) is 34.4. The maximum atomic E-state index is 13.6. The minimum absolute atomic E-state index is 0. The number of halogens is 2. The van der Waals surface area contributed by atoms with Crippen molar-refractivity contribution >= 4 is 51.1 Å². The summed E-state index contributed by atoms with van der Waals surface area (Å²) in [5.41, 5.74) is 14.1. The van der Waals surface area contributed by atoms with Gasteiger partial charge in [0.2, 0.25) is 17.7 Å². The molecule has 3 aromatic rings. The van der Waals surface area contributed by atoms with Gasteiger partial charge < -0.3 is 62.4 Å². The lowest BCUT2D eigenvalue weighted by molar-refractivity contribution is -0.131. The Morgan fingerprint density at radius 3 is 2.18 bits per heavy atom. The van der Waals surface area contributed by atoms with Crippen LogP contribution in [0, 0.1) is 5.92 Å². The van der Waals surface area contributed by atoms with Crippen LogP contribution in [0.15, 0.2) is 77.7 Å². The standard InChI is InChI=1S/C39H50N8O7S.2ClH/c1-24(2)21-32(44-35(48)25(3)41)37(50)43-31(11-7-8-19-40)36(49)42-29-14-12-27(13-15-29)38(51)46-20-18-28-22-30(16-17-34(28)46)55(53,54)47-23-33(45-39(47)52)26-9-5-4-6-10-26;;/h4-6,9-10,12-17,22,24-25,31-33H,7-8,11,18-21,23,40-41H2,1-3H3,(H,42,49)(H,43,50)(H,44,48)(H,45,52);2*1H/p-2/t25?,31-,32?,33-;;/m1../s1. The van der Waals surface area contributed by atoms with E-state index in [2.05, 4.69) is 21.3 Å². The smallest absolute Gasteiger partial charge is 0.331 e. The number of hydrogen-bond acceptors (Lipinski definition) is 9. The van der Waals surface area contributed by atoms with E-state index in [4.69, 9.17) is 11.5 Å². The number of urea groups is 1. The van der Waals surface area contributed by atoms with Crippen molar-refractivity contribution in [1.29, 1.82) is 0 Å². The van der Waals surface area contributed by atoms with Gasteiger partial charge in [0.15, 0.2) is 0 Å². The van der Waals surface area contributed by atoms with Crippen LogP contribution in [-0.4, -0.2) is 80.1 Å². The van der Waals surface area contributed by atoms with Gasteiger partial charge in [-0.3, -0.25) is 19.2 Å². The van der Waals surface area contributed by atoms with Gasteiger partial charge in [-0.15, -0.1) is 0 Å². The summed E-state index contributed by atoms with van der Waals surface area (Å²) in [6, 6.07) is 16.2. The van der Waals surface area contributed by atoms with E-state index in [1.165, 1.54) is 19.1 Å². The Balaban J connectivity index is 0.00000435. The second-order valence-electron chi connectivity index (χ2n) is 14.3. The number of nitrogens with two attached hydrogens (primary N) is 2. The van der Waals surface area contributed by atoms with Gasteiger partial charge in [-0.25, -0.2) is 17.5 Å². The average molecular weight is 846 g/mol. The van der Waals surface area contributed by atoms with Crippen LogP contribution < -0.4 is 62.4 Å². The first-order valence-electron chi connectivity index (χ1n) is 18.5. The van der Waals surface area contributed by atoms with Crippen LogP contribution in [0.3, 0.4) is 0 Å². The van der Waals surface area contributed by atoms with Gasteiger partial charge in [0.05, 0.1) is 23.5 Å². The fourth-order valence-electron chi connectivity index (χ4n) is 6.59. The molecule has 57 heavy (non-hydrogen) atoms. The highest BCUT2D eigenvalue weighted by Gasteiger charge is 2.39. The molecular formula is C39H50Cl2N8O7S-2. The molecule has 8 N–H and O–H groups in total. The monoisotopic (exact) mass is 844 g/mol. The first-order chi connectivity index (χ1) is 26.2. The van der Waals surface area contributed by atoms with Crippen molar-refractivity contribution < 1.29 is 57.2 Å². The zero-order valence-electron chi connectivity index (χ0n) is 32.0. The number of nitrogens with zero attached hydrogens (tertiary/aromatic N) is 2. The normalized spacial score (nSPS) is 16.3. The Labute approximate surface area is 345 Å². The van der Waals surface area contributed by atoms with E-state index in [0.717, 1.165) is 9.87 Å². The van der Waals surface area contributed by atoms with Crippen LogP contribution >= 0.6 is 0 Å². The lowest BCUT2D eigenvalue weighted by Crippen LogP contribution is -3.00. The third-order valence-electron chi connectivity index (χ3n) is 9.59. The Morgan fingerprint density at radius 1 is 0.877 bits per heavy atom. The molecule has 15 nitrogen and oxygen atoms in total. The highest BCUT2D eigenvalue weighted by molar-refractivity contribution is 7.89. The molecule has 5 rings (SSSR count). The summed E-state index contributed by atoms with van der Waals surface area (Å²) in [6.45, 7) is 6.07. The number of carbonyl (C=O) groups excluding carboxylic acids is 5. The number of sulfonamides is 1. The van der Waals surface area contributed by atoms with Gasteiger partial charge in [-0.05, 0) is 105 Å². The number of nitrogens with one attached hydrogen (secondary N) is 4. The highest BCUT2D eigenvalue weighted by atomic mass is 35.5. The number of amides is 6. The molecule has 2 aliphatic rings. The van der Waals surface area contributed by atoms with Gasteiger partial charge in [-0.2, -0.15) is 0 Å². The summed E-state index contributed by atoms with van der Waals surface area (Å²) in [5.74, 6) is -1.66. The van der Waals surface area contributed by atoms with E-state index >= 15 is 0 Å². The molecule has 2 aliphatic heterocycles. The molecular weight excluding hydrogens is 795 g/mol. The topological polar surface area (TPSA) is 226 Å². The van der Waals surface area contributed by atoms with Gasteiger partial charge in [0.25, 0.3) is 15.9 Å². The third-order valence-corrected chi connectivity index (χ3v) is 11.3. The summed E-state index contributed by atoms with van der Waals surface area (Å²) >= 11 is 0. The average Bonchev–Trinajstić information content (AvgIpc) is 3.78. The molecule has 0 spiro atoms. The fourth-order valence-corrected chi connectivity index (χ4v) is 8.00. The highest BCUT2D eigenvalue weighted by Crippen LogP contribution is 2.34. The Bertz CT molecular complexity index is 2000. The van der Waals surface area contributed by atoms with Crippen LogP contribution in [0.4, 0.5) is 16.2 Å². The first kappa shape index (κ1) is 46.6. The number of fused-ring (bicyclic) bond motifs is 1. The van der Waals surface area contributed by atoms with Crippen molar-refractivity contribution in [2.75, 3.05) is 29.9 Å². The van der Waals surface area contributed by atoms with Gasteiger partial charge >= 0.3 is 6.03 Å². The summed E-state index contributed by atoms with van der Waals surface area (Å²) < 4.78 is 28.0. The molecule has 1 fully saturated rings. The second kappa shape index (κ2) is 20.6. The second-order valence-corrected chi connectivity index (χ2v) is 16.2. The number of carbonyl (C=O) groups is 5. The molecule has 2 heterocycles. The molecule has 1 saturated heterocycles. The minimum Gasteiger partial charge on any atom is -1.00 e. The van der Waals surface area contributed by atoms with Crippen LogP contribution in [0.25, 0.3) is 0 Å². The predicted molar refractivity (Wildman–Crippen MR) is 208 cm³/mol. The van der Waals surface area contributed by atoms with Crippen LogP contribution in [0.1, 0.15) is 74.0 Å². The number of hydrogen-bond donors (Lipinski definition) is 6. The summed E-state index contributed by atoms with van der Waals surface area (Å²) in [5, 5.41) is 11.0. The third kappa shape index (κ3) is 11.4. The fraction of sp³-hybridized carbons (Fsp3) is 0.410. The first-order valence-corrected chi connectivity index (χ1v) is 19.9. The molecule has 3 aromatic carbocycles. The van der Waals surface area contributed by atoms with E-state index in [0.29, 0.717) is 67.7 Å². The Hall–Kier alpha value is -4.74. The number of anilines is 2. The zero-order chi connectivity index (χ0) is 39.9. The van der Waals surface area contributed by atoms with Crippen LogP contribution in [0.5, 0.6) is 0 Å². The molecule has 0 aromatic heterocycles. The number of unbranched alkanes of at least 4 members (excludes halogenated alkanes) is 1. The number of benzene rings is 3. The molecule has 2 unspecified atom stereocenters. The molecule has 0 saturated carbocycles. The quantitative estimate of drug-likeness (QED) is 0.0798. The van der Waals surface area contributed by atoms with Gasteiger partial charge in [-0.1, -0.05) is 44.2 Å². The molecule has 0 aliphatic carbocycles. The summed E-state index contributed by atoms with van der Waals surface area (Å²) in [7, 11) is -4.16. The van der Waals surface area contributed by atoms with E-state index in [1.807, 2.05) is 44.2 Å². The maximum Gasteiger partial charge on any atom is 0.331 e. The minimum atomic E-state index is -4.16. The molecule has 0 radical (unpaired) electrons. The lowest BCUT2D eigenvalue weighted by atomic mass is 10.0. The largest absolute Gasteiger partial charge is 1.00 e. The van der Waals surface area contributed by atoms with E-state index in [1.54, 1.807) is 35.2 Å². The lowest BCUT2D eigenvalue weighted by Gasteiger charge is -2.25. The number of rotatable bonds is 16. The van der Waals surface area contributed by atoms with Gasteiger partial charge in [0.1, 0.15) is 12.1 Å². The summed E-state index contributed by atoms with van der Waals surface area (Å²) in [4.78, 5) is 67.0. The van der Waals surface area contributed by atoms with E-state index in [9.17, 15) is 32.4 Å². The van der Waals surface area contributed by atoms with Crippen LogP contribution in [-0.2, 0) is 30.8 Å². The van der Waals surface area contributed by atoms with Crippen LogP contribution in [0.2, 0.25) is 0 Å². The molecule has 310 valence electrons. The molecule has 6 amide bonds. The van der Waals surface area contributed by atoms with Crippen molar-refractivity contribution in [3.05, 3.63) is 89.5 Å².